The van der Waals surface area contributed by atoms with Gasteiger partial charge in [0.2, 0.25) is 0 Å². The van der Waals surface area contributed by atoms with Crippen LogP contribution in [0.2, 0.25) is 0 Å². The fourth-order valence-corrected chi connectivity index (χ4v) is 1.46. The van der Waals surface area contributed by atoms with Gasteiger partial charge < -0.3 is 4.98 Å². The van der Waals surface area contributed by atoms with Crippen LogP contribution in [-0.2, 0) is 6.42 Å². The highest BCUT2D eigenvalue weighted by atomic mass is 16.1. The number of pyridine rings is 1. The summed E-state index contributed by atoms with van der Waals surface area (Å²) in [5.41, 5.74) is 1.46. The van der Waals surface area contributed by atoms with Crippen LogP contribution in [0.15, 0.2) is 29.3 Å². The van der Waals surface area contributed by atoms with Crippen molar-refractivity contribution < 1.29 is 0 Å². The number of rotatable bonds is 2. The van der Waals surface area contributed by atoms with Crippen molar-refractivity contribution >= 4 is 0 Å². The molecule has 0 radical (unpaired) electrons. The molecule has 0 spiro atoms. The largest absolute Gasteiger partial charge is 0.311 e. The molecule has 0 aliphatic rings. The van der Waals surface area contributed by atoms with E-state index in [0.717, 1.165) is 0 Å². The lowest BCUT2D eigenvalue weighted by molar-refractivity contribution is 0.923. The molecule has 0 saturated heterocycles. The van der Waals surface area contributed by atoms with E-state index in [1.54, 1.807) is 12.3 Å². The van der Waals surface area contributed by atoms with Gasteiger partial charge in [0, 0.05) is 30.4 Å². The van der Waals surface area contributed by atoms with Crippen LogP contribution in [0.5, 0.6) is 0 Å². The van der Waals surface area contributed by atoms with Gasteiger partial charge >= 0.3 is 0 Å². The molecule has 2 aromatic rings. The molecule has 0 atom stereocenters. The zero-order valence-corrected chi connectivity index (χ0v) is 9.27. The number of H-pyrrole nitrogens is 1. The average molecular weight is 226 g/mol. The minimum atomic E-state index is -0.200. The first kappa shape index (κ1) is 11.0. The Morgan fingerprint density at radius 2 is 2.24 bits per heavy atom. The van der Waals surface area contributed by atoms with E-state index in [2.05, 4.69) is 15.0 Å². The van der Waals surface area contributed by atoms with E-state index in [1.165, 1.54) is 12.3 Å². The number of hydrogen-bond acceptors (Lipinski definition) is 4. The number of aromatic amines is 1. The number of nitrogens with zero attached hydrogens (tertiary/aromatic N) is 3. The molecule has 0 saturated carbocycles. The Bertz CT molecular complexity index is 639. The van der Waals surface area contributed by atoms with Gasteiger partial charge in [0.05, 0.1) is 11.3 Å². The lowest BCUT2D eigenvalue weighted by Crippen LogP contribution is -2.10. The zero-order valence-electron chi connectivity index (χ0n) is 9.27. The summed E-state index contributed by atoms with van der Waals surface area (Å²) in [7, 11) is 0. The highest BCUT2D eigenvalue weighted by Crippen LogP contribution is 2.15. The maximum Gasteiger partial charge on any atom is 0.251 e. The van der Waals surface area contributed by atoms with Crippen molar-refractivity contribution in [2.45, 2.75) is 13.3 Å². The summed E-state index contributed by atoms with van der Waals surface area (Å²) in [6.07, 6.45) is 3.70. The van der Waals surface area contributed by atoms with E-state index in [0.29, 0.717) is 29.1 Å². The van der Waals surface area contributed by atoms with Crippen LogP contribution in [0.3, 0.4) is 0 Å². The van der Waals surface area contributed by atoms with Gasteiger partial charge in [0.1, 0.15) is 11.9 Å². The van der Waals surface area contributed by atoms with Gasteiger partial charge in [-0.3, -0.25) is 9.78 Å². The number of nitriles is 1. The molecule has 1 N–H and O–H groups in total. The number of aromatic nitrogens is 3. The van der Waals surface area contributed by atoms with Crippen molar-refractivity contribution in [1.29, 1.82) is 5.26 Å². The van der Waals surface area contributed by atoms with Crippen molar-refractivity contribution in [2.24, 2.45) is 0 Å². The summed E-state index contributed by atoms with van der Waals surface area (Å²) in [5, 5.41) is 8.79. The second-order valence-corrected chi connectivity index (χ2v) is 3.50. The Hall–Kier alpha value is -2.48. The third kappa shape index (κ3) is 2.37. The third-order valence-electron chi connectivity index (χ3n) is 2.29. The first-order chi connectivity index (χ1) is 8.22. The molecule has 0 aliphatic heterocycles. The Balaban J connectivity index is 2.56. The fourth-order valence-electron chi connectivity index (χ4n) is 1.46. The topological polar surface area (TPSA) is 82.4 Å². The average Bonchev–Trinajstić information content (AvgIpc) is 2.38. The van der Waals surface area contributed by atoms with Crippen LogP contribution in [0.25, 0.3) is 11.3 Å². The summed E-state index contributed by atoms with van der Waals surface area (Å²) < 4.78 is 0. The second kappa shape index (κ2) is 4.58. The number of hydrogen-bond donors (Lipinski definition) is 1. The fraction of sp³-hybridized carbons (Fsp3) is 0.167. The van der Waals surface area contributed by atoms with E-state index >= 15 is 0 Å². The van der Waals surface area contributed by atoms with Gasteiger partial charge in [-0.05, 0) is 6.07 Å². The molecule has 17 heavy (non-hydrogen) atoms. The molecule has 0 aliphatic carbocycles. The molecule has 2 rings (SSSR count). The van der Waals surface area contributed by atoms with E-state index in [1.807, 2.05) is 13.0 Å². The van der Waals surface area contributed by atoms with Crippen LogP contribution in [0, 0.1) is 11.3 Å². The Morgan fingerprint density at radius 3 is 2.94 bits per heavy atom. The molecule has 0 bridgehead atoms. The van der Waals surface area contributed by atoms with Crippen LogP contribution < -0.4 is 5.56 Å². The highest BCUT2D eigenvalue weighted by molar-refractivity contribution is 5.59. The molecular formula is C12H10N4O. The van der Waals surface area contributed by atoms with Gasteiger partial charge in [-0.1, -0.05) is 6.92 Å². The predicted octanol–water partition coefficient (Wildman–Crippen LogP) is 1.27. The van der Waals surface area contributed by atoms with Crippen molar-refractivity contribution in [3.05, 3.63) is 46.3 Å². The molecule has 0 unspecified atom stereocenters. The molecule has 84 valence electrons. The highest BCUT2D eigenvalue weighted by Gasteiger charge is 2.04. The smallest absolute Gasteiger partial charge is 0.251 e. The SMILES string of the molecule is CCc1nc(-c2cncc(C#N)c2)cc(=O)[nH]1. The number of nitrogens with one attached hydrogen (secondary N) is 1. The van der Waals surface area contributed by atoms with Crippen LogP contribution in [0.4, 0.5) is 0 Å². The maximum atomic E-state index is 11.4. The summed E-state index contributed by atoms with van der Waals surface area (Å²) in [5.74, 6) is 0.620. The quantitative estimate of drug-likeness (QED) is 0.835. The van der Waals surface area contributed by atoms with E-state index in [4.69, 9.17) is 5.26 Å². The first-order valence-corrected chi connectivity index (χ1v) is 5.18. The minimum absolute atomic E-state index is 0.200. The van der Waals surface area contributed by atoms with Crippen molar-refractivity contribution in [1.82, 2.24) is 15.0 Å². The van der Waals surface area contributed by atoms with E-state index < -0.39 is 0 Å². The molecule has 0 amide bonds. The van der Waals surface area contributed by atoms with Gasteiger partial charge in [0.15, 0.2) is 0 Å². The van der Waals surface area contributed by atoms with Gasteiger partial charge in [-0.2, -0.15) is 5.26 Å². The molecule has 0 fully saturated rings. The van der Waals surface area contributed by atoms with Crippen molar-refractivity contribution in [3.63, 3.8) is 0 Å². The standard InChI is InChI=1S/C12H10N4O/c1-2-11-15-10(4-12(17)16-11)9-3-8(5-13)6-14-7-9/h3-4,6-7H,2H2,1H3,(H,15,16,17). The lowest BCUT2D eigenvalue weighted by Gasteiger charge is -2.02. The van der Waals surface area contributed by atoms with Crippen molar-refractivity contribution in [2.75, 3.05) is 0 Å². The molecule has 2 aromatic heterocycles. The number of aryl methyl sites for hydroxylation is 1. The molecular weight excluding hydrogens is 216 g/mol. The zero-order chi connectivity index (χ0) is 12.3. The third-order valence-corrected chi connectivity index (χ3v) is 2.29. The first-order valence-electron chi connectivity index (χ1n) is 5.18. The van der Waals surface area contributed by atoms with Crippen LogP contribution in [0.1, 0.15) is 18.3 Å². The van der Waals surface area contributed by atoms with E-state index in [9.17, 15) is 4.79 Å². The molecule has 2 heterocycles. The monoisotopic (exact) mass is 226 g/mol. The van der Waals surface area contributed by atoms with Crippen LogP contribution >= 0.6 is 0 Å². The predicted molar refractivity (Wildman–Crippen MR) is 62.2 cm³/mol. The lowest BCUT2D eigenvalue weighted by atomic mass is 10.1. The van der Waals surface area contributed by atoms with Gasteiger partial charge in [0.25, 0.3) is 5.56 Å². The minimum Gasteiger partial charge on any atom is -0.311 e. The van der Waals surface area contributed by atoms with Crippen LogP contribution in [-0.4, -0.2) is 15.0 Å². The Kier molecular flexibility index (Phi) is 2.97. The van der Waals surface area contributed by atoms with E-state index in [-0.39, 0.29) is 5.56 Å². The van der Waals surface area contributed by atoms with Crippen molar-refractivity contribution in [3.8, 4) is 17.3 Å². The summed E-state index contributed by atoms with van der Waals surface area (Å²) >= 11 is 0. The summed E-state index contributed by atoms with van der Waals surface area (Å²) in [6.45, 7) is 1.91. The van der Waals surface area contributed by atoms with Gasteiger partial charge in [-0.15, -0.1) is 0 Å². The second-order valence-electron chi connectivity index (χ2n) is 3.50. The molecule has 5 nitrogen and oxygen atoms in total. The maximum absolute atomic E-state index is 11.4. The summed E-state index contributed by atoms with van der Waals surface area (Å²) in [6, 6.07) is 5.07. The normalized spacial score (nSPS) is 9.88. The molecule has 0 aromatic carbocycles. The summed E-state index contributed by atoms with van der Waals surface area (Å²) in [4.78, 5) is 22.3. The Morgan fingerprint density at radius 1 is 1.41 bits per heavy atom. The molecule has 5 heteroatoms. The van der Waals surface area contributed by atoms with Gasteiger partial charge in [-0.25, -0.2) is 4.98 Å². The Labute approximate surface area is 97.8 Å².